The average Bonchev–Trinajstić information content (AvgIpc) is 2.81. The molecule has 0 bridgehead atoms. The first-order valence-electron chi connectivity index (χ1n) is 6.55. The van der Waals surface area contributed by atoms with Crippen LogP contribution in [0.2, 0.25) is 0 Å². The topological polar surface area (TPSA) is 35.9 Å². The molecule has 1 N–H and O–H groups in total. The van der Waals surface area contributed by atoms with E-state index in [1.165, 1.54) is 12.8 Å². The van der Waals surface area contributed by atoms with Crippen molar-refractivity contribution in [1.82, 2.24) is 9.80 Å². The molecule has 0 aromatic rings. The van der Waals surface area contributed by atoms with Gasteiger partial charge in [-0.25, -0.2) is 0 Å². The van der Waals surface area contributed by atoms with Gasteiger partial charge in [-0.15, -0.1) is 0 Å². The van der Waals surface area contributed by atoms with Crippen LogP contribution < -0.4 is 0 Å². The van der Waals surface area contributed by atoms with Gasteiger partial charge < -0.3 is 14.7 Å². The molecule has 2 heterocycles. The summed E-state index contributed by atoms with van der Waals surface area (Å²) in [6.07, 6.45) is 3.88. The summed E-state index contributed by atoms with van der Waals surface area (Å²) in [6, 6.07) is 0. The first-order chi connectivity index (χ1) is 7.88. The van der Waals surface area contributed by atoms with Crippen molar-refractivity contribution in [2.45, 2.75) is 25.4 Å². The summed E-state index contributed by atoms with van der Waals surface area (Å²) in [5, 5.41) is 8.78. The zero-order valence-corrected chi connectivity index (χ0v) is 10.1. The van der Waals surface area contributed by atoms with Crippen molar-refractivity contribution < 1.29 is 9.84 Å². The highest BCUT2D eigenvalue weighted by atomic mass is 16.5. The molecule has 0 amide bonds. The van der Waals surface area contributed by atoms with Crippen LogP contribution in [0, 0.1) is 0 Å². The molecule has 0 aromatic carbocycles. The molecule has 4 heteroatoms. The number of nitrogens with zero attached hydrogens (tertiary/aromatic N) is 2. The summed E-state index contributed by atoms with van der Waals surface area (Å²) in [5.74, 6) is 0. The highest BCUT2D eigenvalue weighted by Crippen LogP contribution is 2.14. The predicted molar refractivity (Wildman–Crippen MR) is 63.6 cm³/mol. The second-order valence-corrected chi connectivity index (χ2v) is 4.85. The minimum atomic E-state index is 0.316. The van der Waals surface area contributed by atoms with Crippen LogP contribution >= 0.6 is 0 Å². The van der Waals surface area contributed by atoms with Crippen molar-refractivity contribution in [3.63, 3.8) is 0 Å². The van der Waals surface area contributed by atoms with E-state index in [1.807, 2.05) is 0 Å². The Kier molecular flexibility index (Phi) is 5.03. The third kappa shape index (κ3) is 3.70. The Morgan fingerprint density at radius 3 is 2.50 bits per heavy atom. The highest BCUT2D eigenvalue weighted by Gasteiger charge is 2.22. The molecular formula is C12H24N2O2. The Hall–Kier alpha value is -0.160. The second-order valence-electron chi connectivity index (χ2n) is 4.85. The summed E-state index contributed by atoms with van der Waals surface area (Å²) in [5.41, 5.74) is 0. The fourth-order valence-corrected chi connectivity index (χ4v) is 2.57. The summed E-state index contributed by atoms with van der Waals surface area (Å²) in [7, 11) is 0. The van der Waals surface area contributed by atoms with Crippen molar-refractivity contribution >= 4 is 0 Å². The van der Waals surface area contributed by atoms with Gasteiger partial charge in [0.15, 0.2) is 0 Å². The zero-order chi connectivity index (χ0) is 11.2. The largest absolute Gasteiger partial charge is 0.396 e. The number of hydrogen-bond acceptors (Lipinski definition) is 4. The van der Waals surface area contributed by atoms with Crippen LogP contribution in [0.25, 0.3) is 0 Å². The Labute approximate surface area is 98.2 Å². The maximum Gasteiger partial charge on any atom is 0.0702 e. The maximum atomic E-state index is 8.78. The van der Waals surface area contributed by atoms with E-state index in [1.54, 1.807) is 0 Å². The molecule has 1 atom stereocenters. The van der Waals surface area contributed by atoms with Gasteiger partial charge in [0.25, 0.3) is 0 Å². The Bertz CT molecular complexity index is 187. The Balaban J connectivity index is 1.60. The van der Waals surface area contributed by atoms with E-state index < -0.39 is 0 Å². The molecule has 0 aromatic heterocycles. The summed E-state index contributed by atoms with van der Waals surface area (Å²) in [6.45, 7) is 8.05. The van der Waals surface area contributed by atoms with Crippen LogP contribution in [0.1, 0.15) is 19.3 Å². The van der Waals surface area contributed by atoms with E-state index in [0.29, 0.717) is 12.7 Å². The molecule has 1 unspecified atom stereocenters. The second kappa shape index (κ2) is 6.55. The van der Waals surface area contributed by atoms with E-state index in [2.05, 4.69) is 9.80 Å². The van der Waals surface area contributed by atoms with Gasteiger partial charge in [-0.05, 0) is 19.3 Å². The van der Waals surface area contributed by atoms with E-state index in [9.17, 15) is 0 Å². The first kappa shape index (κ1) is 12.3. The number of aliphatic hydroxyl groups is 1. The third-order valence-corrected chi connectivity index (χ3v) is 3.58. The van der Waals surface area contributed by atoms with Gasteiger partial charge >= 0.3 is 0 Å². The number of ether oxygens (including phenoxy) is 1. The van der Waals surface area contributed by atoms with E-state index in [0.717, 1.165) is 52.3 Å². The normalized spacial score (nSPS) is 28.7. The molecule has 0 aliphatic carbocycles. The van der Waals surface area contributed by atoms with Crippen molar-refractivity contribution in [1.29, 1.82) is 0 Å². The molecule has 2 fully saturated rings. The molecule has 2 aliphatic heterocycles. The summed E-state index contributed by atoms with van der Waals surface area (Å²) < 4.78 is 5.66. The van der Waals surface area contributed by atoms with Crippen molar-refractivity contribution in [3.05, 3.63) is 0 Å². The van der Waals surface area contributed by atoms with Gasteiger partial charge in [0.2, 0.25) is 0 Å². The maximum absolute atomic E-state index is 8.78. The molecule has 0 spiro atoms. The van der Waals surface area contributed by atoms with Crippen LogP contribution in [0.3, 0.4) is 0 Å². The number of rotatable bonds is 5. The Morgan fingerprint density at radius 2 is 1.88 bits per heavy atom. The summed E-state index contributed by atoms with van der Waals surface area (Å²) >= 11 is 0. The molecular weight excluding hydrogens is 204 g/mol. The van der Waals surface area contributed by atoms with Crippen LogP contribution in [0.15, 0.2) is 0 Å². The molecule has 4 nitrogen and oxygen atoms in total. The smallest absolute Gasteiger partial charge is 0.0702 e. The predicted octanol–water partition coefficient (Wildman–Crippen LogP) is 0.165. The molecule has 2 rings (SSSR count). The van der Waals surface area contributed by atoms with Crippen molar-refractivity contribution in [3.8, 4) is 0 Å². The van der Waals surface area contributed by atoms with Gasteiger partial charge in [-0.3, -0.25) is 4.90 Å². The molecule has 2 saturated heterocycles. The number of hydrogen-bond donors (Lipinski definition) is 1. The lowest BCUT2D eigenvalue weighted by atomic mass is 10.2. The van der Waals surface area contributed by atoms with Gasteiger partial charge in [0.05, 0.1) is 6.10 Å². The molecule has 94 valence electrons. The first-order valence-corrected chi connectivity index (χ1v) is 6.55. The van der Waals surface area contributed by atoms with Gasteiger partial charge in [0.1, 0.15) is 0 Å². The van der Waals surface area contributed by atoms with E-state index in [-0.39, 0.29) is 0 Å². The molecule has 2 aliphatic rings. The van der Waals surface area contributed by atoms with Crippen LogP contribution in [-0.4, -0.2) is 73.5 Å². The standard InChI is InChI=1S/C12H24N2O2/c15-9-2-4-13-5-7-14(8-6-13)11-12-3-1-10-16-12/h12,15H,1-11H2. The third-order valence-electron chi connectivity index (χ3n) is 3.58. The molecule has 0 radical (unpaired) electrons. The minimum absolute atomic E-state index is 0.316. The monoisotopic (exact) mass is 228 g/mol. The lowest BCUT2D eigenvalue weighted by Crippen LogP contribution is -2.48. The van der Waals surface area contributed by atoms with Crippen LogP contribution in [0.4, 0.5) is 0 Å². The van der Waals surface area contributed by atoms with E-state index >= 15 is 0 Å². The Morgan fingerprint density at radius 1 is 1.12 bits per heavy atom. The van der Waals surface area contributed by atoms with Gasteiger partial charge in [-0.2, -0.15) is 0 Å². The van der Waals surface area contributed by atoms with Crippen molar-refractivity contribution in [2.24, 2.45) is 0 Å². The van der Waals surface area contributed by atoms with Crippen molar-refractivity contribution in [2.75, 3.05) is 52.5 Å². The van der Waals surface area contributed by atoms with Gasteiger partial charge in [-0.1, -0.05) is 0 Å². The highest BCUT2D eigenvalue weighted by molar-refractivity contribution is 4.76. The summed E-state index contributed by atoms with van der Waals surface area (Å²) in [4.78, 5) is 4.97. The van der Waals surface area contributed by atoms with Crippen LogP contribution in [0.5, 0.6) is 0 Å². The lowest BCUT2D eigenvalue weighted by molar-refractivity contribution is 0.0493. The zero-order valence-electron chi connectivity index (χ0n) is 10.1. The fraction of sp³-hybridized carbons (Fsp3) is 1.00. The number of piperazine rings is 1. The van der Waals surface area contributed by atoms with Crippen LogP contribution in [-0.2, 0) is 4.74 Å². The molecule has 0 saturated carbocycles. The van der Waals surface area contributed by atoms with E-state index in [4.69, 9.17) is 9.84 Å². The van der Waals surface area contributed by atoms with Gasteiger partial charge in [0, 0.05) is 52.5 Å². The average molecular weight is 228 g/mol. The number of aliphatic hydroxyl groups excluding tert-OH is 1. The lowest BCUT2D eigenvalue weighted by Gasteiger charge is -2.35. The fourth-order valence-electron chi connectivity index (χ4n) is 2.57. The SMILES string of the molecule is OCCCN1CCN(CC2CCCO2)CC1. The molecule has 16 heavy (non-hydrogen) atoms. The quantitative estimate of drug-likeness (QED) is 0.727. The minimum Gasteiger partial charge on any atom is -0.396 e.